The molecule has 0 bridgehead atoms. The maximum absolute atomic E-state index is 4.65. The molecule has 112 valence electrons. The summed E-state index contributed by atoms with van der Waals surface area (Å²) < 4.78 is 3.86. The monoisotopic (exact) mass is 300 g/mol. The summed E-state index contributed by atoms with van der Waals surface area (Å²) in [5.41, 5.74) is 4.33. The Labute approximate surface area is 134 Å². The molecule has 4 rings (SSSR count). The third-order valence-corrected chi connectivity index (χ3v) is 3.78. The molecule has 0 aliphatic rings. The summed E-state index contributed by atoms with van der Waals surface area (Å²) in [4.78, 5) is 0. The highest BCUT2D eigenvalue weighted by molar-refractivity contribution is 5.59. The lowest BCUT2D eigenvalue weighted by Gasteiger charge is -2.07. The van der Waals surface area contributed by atoms with Gasteiger partial charge in [0.25, 0.3) is 0 Å². The molecule has 0 atom stereocenters. The van der Waals surface area contributed by atoms with E-state index in [0.717, 1.165) is 22.5 Å². The van der Waals surface area contributed by atoms with Crippen LogP contribution in [-0.4, -0.2) is 19.6 Å². The lowest BCUT2D eigenvalue weighted by molar-refractivity contribution is 0.508. The molecule has 0 amide bonds. The Balaban J connectivity index is 1.61. The molecule has 0 fully saturated rings. The molecule has 0 aliphatic carbocycles. The van der Waals surface area contributed by atoms with E-state index in [1.165, 1.54) is 0 Å². The summed E-state index contributed by atoms with van der Waals surface area (Å²) in [7, 11) is 0. The first-order valence-electron chi connectivity index (χ1n) is 7.56. The van der Waals surface area contributed by atoms with Gasteiger partial charge in [0, 0.05) is 18.0 Å². The van der Waals surface area contributed by atoms with Crippen molar-refractivity contribution >= 4 is 0 Å². The smallest absolute Gasteiger partial charge is 0.133 e. The highest BCUT2D eigenvalue weighted by Gasteiger charge is 2.07. The molecular formula is C19H16N4. The van der Waals surface area contributed by atoms with Gasteiger partial charge in [0.1, 0.15) is 6.67 Å². The van der Waals surface area contributed by atoms with E-state index in [0.29, 0.717) is 6.67 Å². The first-order chi connectivity index (χ1) is 11.4. The molecule has 4 aromatic rings. The molecule has 4 heteroatoms. The molecule has 0 radical (unpaired) electrons. The van der Waals surface area contributed by atoms with Gasteiger partial charge >= 0.3 is 0 Å². The summed E-state index contributed by atoms with van der Waals surface area (Å²) in [6, 6.07) is 24.5. The predicted molar refractivity (Wildman–Crippen MR) is 90.7 cm³/mol. The van der Waals surface area contributed by atoms with E-state index in [1.807, 2.05) is 70.3 Å². The van der Waals surface area contributed by atoms with Crippen LogP contribution in [-0.2, 0) is 6.67 Å². The van der Waals surface area contributed by atoms with Gasteiger partial charge in [-0.15, -0.1) is 0 Å². The van der Waals surface area contributed by atoms with Crippen molar-refractivity contribution in [1.29, 1.82) is 0 Å². The minimum absolute atomic E-state index is 0.587. The Morgan fingerprint density at radius 2 is 1.43 bits per heavy atom. The first-order valence-corrected chi connectivity index (χ1v) is 7.56. The van der Waals surface area contributed by atoms with Crippen molar-refractivity contribution in [3.8, 4) is 22.5 Å². The zero-order chi connectivity index (χ0) is 15.5. The first kappa shape index (κ1) is 13.5. The van der Waals surface area contributed by atoms with Crippen molar-refractivity contribution in [2.45, 2.75) is 6.67 Å². The van der Waals surface area contributed by atoms with E-state index in [2.05, 4.69) is 34.5 Å². The van der Waals surface area contributed by atoms with E-state index < -0.39 is 0 Å². The van der Waals surface area contributed by atoms with E-state index in [-0.39, 0.29) is 0 Å². The fraction of sp³-hybridized carbons (Fsp3) is 0.0526. The van der Waals surface area contributed by atoms with Gasteiger partial charge in [-0.3, -0.25) is 4.68 Å². The Morgan fingerprint density at radius 3 is 2.17 bits per heavy atom. The molecule has 2 aromatic heterocycles. The van der Waals surface area contributed by atoms with Crippen LogP contribution in [0.15, 0.2) is 85.2 Å². The van der Waals surface area contributed by atoms with Crippen LogP contribution in [0.2, 0.25) is 0 Å². The Hall–Kier alpha value is -3.14. The van der Waals surface area contributed by atoms with Crippen molar-refractivity contribution in [1.82, 2.24) is 19.6 Å². The SMILES string of the molecule is c1ccc(-c2ccn(Cn3nccc3-c3ccccc3)n2)cc1. The molecule has 0 aliphatic heterocycles. The largest absolute Gasteiger partial charge is 0.250 e. The average Bonchev–Trinajstić information content (AvgIpc) is 3.26. The second-order valence-corrected chi connectivity index (χ2v) is 5.33. The van der Waals surface area contributed by atoms with Crippen molar-refractivity contribution in [3.63, 3.8) is 0 Å². The molecule has 0 unspecified atom stereocenters. The van der Waals surface area contributed by atoms with Crippen LogP contribution < -0.4 is 0 Å². The fourth-order valence-corrected chi connectivity index (χ4v) is 2.64. The topological polar surface area (TPSA) is 35.6 Å². The van der Waals surface area contributed by atoms with Crippen LogP contribution in [0.5, 0.6) is 0 Å². The zero-order valence-corrected chi connectivity index (χ0v) is 12.6. The van der Waals surface area contributed by atoms with Gasteiger partial charge in [-0.25, -0.2) is 4.68 Å². The zero-order valence-electron chi connectivity index (χ0n) is 12.6. The van der Waals surface area contributed by atoms with Crippen molar-refractivity contribution in [2.24, 2.45) is 0 Å². The van der Waals surface area contributed by atoms with Gasteiger partial charge in [-0.1, -0.05) is 60.7 Å². The minimum atomic E-state index is 0.587. The van der Waals surface area contributed by atoms with Crippen LogP contribution >= 0.6 is 0 Å². The molecule has 0 saturated heterocycles. The van der Waals surface area contributed by atoms with Crippen LogP contribution in [0.1, 0.15) is 0 Å². The average molecular weight is 300 g/mol. The highest BCUT2D eigenvalue weighted by Crippen LogP contribution is 2.19. The number of nitrogens with zero attached hydrogens (tertiary/aromatic N) is 4. The predicted octanol–water partition coefficient (Wildman–Crippen LogP) is 3.92. The Bertz CT molecular complexity index is 891. The normalized spacial score (nSPS) is 10.8. The quantitative estimate of drug-likeness (QED) is 0.572. The van der Waals surface area contributed by atoms with Crippen LogP contribution in [0, 0.1) is 0 Å². The van der Waals surface area contributed by atoms with Gasteiger partial charge < -0.3 is 0 Å². The molecule has 0 saturated carbocycles. The summed E-state index contributed by atoms with van der Waals surface area (Å²) in [6.07, 6.45) is 3.81. The van der Waals surface area contributed by atoms with E-state index in [4.69, 9.17) is 0 Å². The van der Waals surface area contributed by atoms with Crippen LogP contribution in [0.3, 0.4) is 0 Å². The maximum atomic E-state index is 4.65. The Kier molecular flexibility index (Phi) is 3.48. The van der Waals surface area contributed by atoms with Crippen LogP contribution in [0.4, 0.5) is 0 Å². The van der Waals surface area contributed by atoms with E-state index in [9.17, 15) is 0 Å². The molecule has 0 N–H and O–H groups in total. The second kappa shape index (κ2) is 5.93. The number of hydrogen-bond donors (Lipinski definition) is 0. The summed E-state index contributed by atoms with van der Waals surface area (Å²) in [5.74, 6) is 0. The Morgan fingerprint density at radius 1 is 0.739 bits per heavy atom. The fourth-order valence-electron chi connectivity index (χ4n) is 2.64. The molecule has 0 spiro atoms. The van der Waals surface area contributed by atoms with Gasteiger partial charge in [0.15, 0.2) is 0 Å². The van der Waals surface area contributed by atoms with Crippen molar-refractivity contribution in [3.05, 3.63) is 85.2 Å². The van der Waals surface area contributed by atoms with Crippen molar-refractivity contribution in [2.75, 3.05) is 0 Å². The third kappa shape index (κ3) is 2.79. The van der Waals surface area contributed by atoms with Gasteiger partial charge in [-0.2, -0.15) is 10.2 Å². The van der Waals surface area contributed by atoms with Crippen LogP contribution in [0.25, 0.3) is 22.5 Å². The van der Waals surface area contributed by atoms with E-state index >= 15 is 0 Å². The molecule has 4 nitrogen and oxygen atoms in total. The number of rotatable bonds is 4. The molecule has 2 aromatic carbocycles. The maximum Gasteiger partial charge on any atom is 0.133 e. The third-order valence-electron chi connectivity index (χ3n) is 3.78. The summed E-state index contributed by atoms with van der Waals surface area (Å²) >= 11 is 0. The lowest BCUT2D eigenvalue weighted by atomic mass is 10.1. The summed E-state index contributed by atoms with van der Waals surface area (Å²) in [5, 5.41) is 9.07. The molecule has 2 heterocycles. The lowest BCUT2D eigenvalue weighted by Crippen LogP contribution is -2.11. The highest BCUT2D eigenvalue weighted by atomic mass is 15.4. The molecule has 23 heavy (non-hydrogen) atoms. The van der Waals surface area contributed by atoms with Gasteiger partial charge in [-0.05, 0) is 17.7 Å². The van der Waals surface area contributed by atoms with Gasteiger partial charge in [0.05, 0.1) is 11.4 Å². The second-order valence-electron chi connectivity index (χ2n) is 5.33. The van der Waals surface area contributed by atoms with Crippen molar-refractivity contribution < 1.29 is 0 Å². The molecular weight excluding hydrogens is 284 g/mol. The standard InChI is InChI=1S/C19H16N4/c1-3-7-16(8-4-1)18-12-14-22(21-18)15-23-19(11-13-20-23)17-9-5-2-6-10-17/h1-14H,15H2. The van der Waals surface area contributed by atoms with Gasteiger partial charge in [0.2, 0.25) is 0 Å². The number of benzene rings is 2. The number of aromatic nitrogens is 4. The number of hydrogen-bond acceptors (Lipinski definition) is 2. The van der Waals surface area contributed by atoms with E-state index in [1.54, 1.807) is 0 Å². The summed E-state index contributed by atoms with van der Waals surface area (Å²) in [6.45, 7) is 0.587. The minimum Gasteiger partial charge on any atom is -0.250 e.